The third kappa shape index (κ3) is 4.10. The minimum absolute atomic E-state index is 0.148. The molecule has 2 heterocycles. The van der Waals surface area contributed by atoms with E-state index in [9.17, 15) is 4.79 Å². The van der Waals surface area contributed by atoms with Gasteiger partial charge in [-0.1, -0.05) is 17.7 Å². The molecule has 0 bridgehead atoms. The third-order valence-electron chi connectivity index (χ3n) is 5.80. The fraction of sp³-hybridized carbons (Fsp3) is 0.435. The average Bonchev–Trinajstić information content (AvgIpc) is 2.75. The van der Waals surface area contributed by atoms with Crippen LogP contribution in [-0.4, -0.2) is 50.1 Å². The Balaban J connectivity index is 1.34. The minimum Gasteiger partial charge on any atom is -0.372 e. The monoisotopic (exact) mass is 363 g/mol. The summed E-state index contributed by atoms with van der Waals surface area (Å²) in [6.45, 7) is 7.74. The van der Waals surface area contributed by atoms with E-state index in [1.807, 2.05) is 36.1 Å². The molecule has 0 unspecified atom stereocenters. The number of carbonyl (C=O) groups is 1. The average molecular weight is 364 g/mol. The molecule has 1 amide bonds. The Kier molecular flexibility index (Phi) is 5.33. The van der Waals surface area contributed by atoms with Crippen LogP contribution in [0.1, 0.15) is 35.2 Å². The Bertz CT molecular complexity index is 755. The zero-order chi connectivity index (χ0) is 18.6. The molecule has 0 spiro atoms. The van der Waals surface area contributed by atoms with Crippen LogP contribution in [0.25, 0.3) is 0 Å². The summed E-state index contributed by atoms with van der Waals surface area (Å²) in [7, 11) is 0. The van der Waals surface area contributed by atoms with E-state index in [0.717, 1.165) is 31.7 Å². The summed E-state index contributed by atoms with van der Waals surface area (Å²) in [5.41, 5.74) is 4.58. The second-order valence-electron chi connectivity index (χ2n) is 7.71. The number of nitrogens with zero attached hydrogens (tertiary/aromatic N) is 3. The number of amides is 1. The number of benzene rings is 2. The molecule has 0 saturated carbocycles. The Morgan fingerprint density at radius 1 is 0.667 bits per heavy atom. The Hall–Kier alpha value is -2.49. The van der Waals surface area contributed by atoms with E-state index in [-0.39, 0.29) is 5.91 Å². The molecule has 2 saturated heterocycles. The van der Waals surface area contributed by atoms with Gasteiger partial charge in [0.15, 0.2) is 0 Å². The van der Waals surface area contributed by atoms with Crippen molar-refractivity contribution < 1.29 is 4.79 Å². The lowest BCUT2D eigenvalue weighted by Crippen LogP contribution is -2.48. The Morgan fingerprint density at radius 3 is 1.74 bits per heavy atom. The predicted molar refractivity (Wildman–Crippen MR) is 112 cm³/mol. The third-order valence-corrected chi connectivity index (χ3v) is 5.80. The lowest BCUT2D eigenvalue weighted by atomic mass is 10.1. The van der Waals surface area contributed by atoms with Gasteiger partial charge in [-0.3, -0.25) is 4.79 Å². The summed E-state index contributed by atoms with van der Waals surface area (Å²) in [4.78, 5) is 19.5. The predicted octanol–water partition coefficient (Wildman–Crippen LogP) is 3.95. The van der Waals surface area contributed by atoms with Crippen molar-refractivity contribution in [3.8, 4) is 0 Å². The summed E-state index contributed by atoms with van der Waals surface area (Å²) in [5.74, 6) is 0.148. The molecule has 4 nitrogen and oxygen atoms in total. The van der Waals surface area contributed by atoms with Crippen LogP contribution in [0.5, 0.6) is 0 Å². The largest absolute Gasteiger partial charge is 0.372 e. The van der Waals surface area contributed by atoms with Crippen LogP contribution in [0.3, 0.4) is 0 Å². The molecule has 4 rings (SSSR count). The van der Waals surface area contributed by atoms with Crippen LogP contribution in [0.4, 0.5) is 11.4 Å². The van der Waals surface area contributed by atoms with E-state index in [2.05, 4.69) is 34.1 Å². The summed E-state index contributed by atoms with van der Waals surface area (Å²) in [6, 6.07) is 16.9. The first-order valence-corrected chi connectivity index (χ1v) is 10.2. The van der Waals surface area contributed by atoms with Crippen LogP contribution in [0.2, 0.25) is 0 Å². The van der Waals surface area contributed by atoms with Crippen molar-refractivity contribution >= 4 is 17.3 Å². The quantitative estimate of drug-likeness (QED) is 0.826. The van der Waals surface area contributed by atoms with Gasteiger partial charge in [0.05, 0.1) is 0 Å². The van der Waals surface area contributed by atoms with Gasteiger partial charge in [-0.15, -0.1) is 0 Å². The molecule has 0 aromatic heterocycles. The molecule has 4 heteroatoms. The number of rotatable bonds is 3. The molecular weight excluding hydrogens is 334 g/mol. The molecule has 0 radical (unpaired) electrons. The van der Waals surface area contributed by atoms with Crippen LogP contribution in [-0.2, 0) is 0 Å². The van der Waals surface area contributed by atoms with Crippen molar-refractivity contribution in [1.29, 1.82) is 0 Å². The SMILES string of the molecule is Cc1ccc(C(=O)N2CCN(c3ccc(N4CCCCC4)cc3)CC2)cc1. The second kappa shape index (κ2) is 8.03. The topological polar surface area (TPSA) is 26.8 Å². The van der Waals surface area contributed by atoms with E-state index in [4.69, 9.17) is 0 Å². The highest BCUT2D eigenvalue weighted by Crippen LogP contribution is 2.24. The first-order chi connectivity index (χ1) is 13.2. The van der Waals surface area contributed by atoms with E-state index < -0.39 is 0 Å². The van der Waals surface area contributed by atoms with Gasteiger partial charge in [0.1, 0.15) is 0 Å². The Morgan fingerprint density at radius 2 is 1.19 bits per heavy atom. The summed E-state index contributed by atoms with van der Waals surface area (Å²) < 4.78 is 0. The molecule has 2 aromatic carbocycles. The zero-order valence-electron chi connectivity index (χ0n) is 16.2. The van der Waals surface area contributed by atoms with Crippen LogP contribution >= 0.6 is 0 Å². The molecule has 0 atom stereocenters. The van der Waals surface area contributed by atoms with E-state index in [1.165, 1.54) is 49.3 Å². The molecule has 142 valence electrons. The van der Waals surface area contributed by atoms with Gasteiger partial charge in [0.2, 0.25) is 0 Å². The maximum atomic E-state index is 12.7. The van der Waals surface area contributed by atoms with Crippen molar-refractivity contribution in [2.75, 3.05) is 49.1 Å². The van der Waals surface area contributed by atoms with E-state index >= 15 is 0 Å². The highest BCUT2D eigenvalue weighted by atomic mass is 16.2. The fourth-order valence-electron chi connectivity index (χ4n) is 4.07. The second-order valence-corrected chi connectivity index (χ2v) is 7.71. The molecule has 2 aromatic rings. The van der Waals surface area contributed by atoms with Gasteiger partial charge in [0.25, 0.3) is 5.91 Å². The van der Waals surface area contributed by atoms with Gasteiger partial charge in [-0.2, -0.15) is 0 Å². The zero-order valence-corrected chi connectivity index (χ0v) is 16.2. The van der Waals surface area contributed by atoms with E-state index in [0.29, 0.717) is 0 Å². The van der Waals surface area contributed by atoms with Crippen molar-refractivity contribution in [1.82, 2.24) is 4.90 Å². The van der Waals surface area contributed by atoms with Crippen molar-refractivity contribution in [3.05, 3.63) is 59.7 Å². The van der Waals surface area contributed by atoms with Gasteiger partial charge >= 0.3 is 0 Å². The van der Waals surface area contributed by atoms with Crippen molar-refractivity contribution in [2.45, 2.75) is 26.2 Å². The normalized spacial score (nSPS) is 17.9. The fourth-order valence-corrected chi connectivity index (χ4v) is 4.07. The van der Waals surface area contributed by atoms with Gasteiger partial charge in [-0.05, 0) is 62.6 Å². The van der Waals surface area contributed by atoms with Crippen molar-refractivity contribution in [2.24, 2.45) is 0 Å². The molecule has 0 N–H and O–H groups in total. The number of carbonyl (C=O) groups excluding carboxylic acids is 1. The number of hydrogen-bond donors (Lipinski definition) is 0. The summed E-state index contributed by atoms with van der Waals surface area (Å²) in [6.07, 6.45) is 3.97. The van der Waals surface area contributed by atoms with Crippen LogP contribution in [0.15, 0.2) is 48.5 Å². The summed E-state index contributed by atoms with van der Waals surface area (Å²) >= 11 is 0. The molecule has 2 aliphatic heterocycles. The molecule has 2 fully saturated rings. The maximum Gasteiger partial charge on any atom is 0.253 e. The van der Waals surface area contributed by atoms with E-state index in [1.54, 1.807) is 0 Å². The number of hydrogen-bond acceptors (Lipinski definition) is 3. The van der Waals surface area contributed by atoms with Crippen LogP contribution in [0, 0.1) is 6.92 Å². The lowest BCUT2D eigenvalue weighted by Gasteiger charge is -2.36. The van der Waals surface area contributed by atoms with Gasteiger partial charge in [-0.25, -0.2) is 0 Å². The first-order valence-electron chi connectivity index (χ1n) is 10.2. The smallest absolute Gasteiger partial charge is 0.253 e. The van der Waals surface area contributed by atoms with Gasteiger partial charge < -0.3 is 14.7 Å². The lowest BCUT2D eigenvalue weighted by molar-refractivity contribution is 0.0747. The highest BCUT2D eigenvalue weighted by Gasteiger charge is 2.22. The van der Waals surface area contributed by atoms with Crippen molar-refractivity contribution in [3.63, 3.8) is 0 Å². The Labute approximate surface area is 162 Å². The molecule has 2 aliphatic rings. The summed E-state index contributed by atoms with van der Waals surface area (Å²) in [5, 5.41) is 0. The number of anilines is 2. The maximum absolute atomic E-state index is 12.7. The van der Waals surface area contributed by atoms with Crippen LogP contribution < -0.4 is 9.80 Å². The van der Waals surface area contributed by atoms with Gasteiger partial charge in [0, 0.05) is 56.2 Å². The molecule has 0 aliphatic carbocycles. The molecule has 27 heavy (non-hydrogen) atoms. The first kappa shape index (κ1) is 17.9. The number of aryl methyl sites for hydroxylation is 1. The number of piperidine rings is 1. The highest BCUT2D eigenvalue weighted by molar-refractivity contribution is 5.94. The molecular formula is C23H29N3O. The standard InChI is InChI=1S/C23H29N3O/c1-19-5-7-20(8-6-19)23(27)26-17-15-25(16-18-26)22-11-9-21(10-12-22)24-13-3-2-4-14-24/h5-12H,2-4,13-18H2,1H3. The minimum atomic E-state index is 0.148. The number of piperazine rings is 1.